The number of carbonyl (C=O) groups is 2. The Balaban J connectivity index is 4.03. The number of amides is 1. The summed E-state index contributed by atoms with van der Waals surface area (Å²) in [5.74, 6) is 0.0862. The predicted octanol–water partition coefficient (Wildman–Crippen LogP) is 2.14. The highest BCUT2D eigenvalue weighted by atomic mass is 32.2. The second-order valence-electron chi connectivity index (χ2n) is 5.16. The van der Waals surface area contributed by atoms with Crippen LogP contribution in [0.1, 0.15) is 40.0 Å². The molecule has 0 aromatic heterocycles. The van der Waals surface area contributed by atoms with Gasteiger partial charge in [0.1, 0.15) is 0 Å². The van der Waals surface area contributed by atoms with Gasteiger partial charge in [0.05, 0.1) is 6.42 Å². The number of hydrogen-bond acceptors (Lipinski definition) is 3. The summed E-state index contributed by atoms with van der Waals surface area (Å²) in [6.45, 7) is 5.57. The highest BCUT2D eigenvalue weighted by molar-refractivity contribution is 7.98. The summed E-state index contributed by atoms with van der Waals surface area (Å²) in [7, 11) is 0. The van der Waals surface area contributed by atoms with E-state index in [9.17, 15) is 9.59 Å². The third-order valence-electron chi connectivity index (χ3n) is 2.43. The Hall–Kier alpha value is -0.710. The fourth-order valence-corrected chi connectivity index (χ4v) is 2.19. The highest BCUT2D eigenvalue weighted by Crippen LogP contribution is 2.24. The molecule has 5 heteroatoms. The number of nitrogens with one attached hydrogen (secondary N) is 1. The molecule has 0 aromatic carbocycles. The minimum atomic E-state index is -0.863. The molecule has 0 fully saturated rings. The molecule has 2 N–H and O–H groups in total. The molecule has 0 aliphatic carbocycles. The number of carboxylic acid groups (broad SMARTS) is 1. The predicted molar refractivity (Wildman–Crippen MR) is 71.3 cm³/mol. The summed E-state index contributed by atoms with van der Waals surface area (Å²) >= 11 is 1.75. The molecule has 4 nitrogen and oxygen atoms in total. The first-order chi connectivity index (χ1) is 7.76. The summed E-state index contributed by atoms with van der Waals surface area (Å²) in [4.78, 5) is 22.3. The normalized spacial score (nSPS) is 13.2. The molecule has 0 aromatic rings. The van der Waals surface area contributed by atoms with E-state index in [0.29, 0.717) is 0 Å². The number of carbonyl (C=O) groups excluding carboxylic acids is 1. The molecule has 17 heavy (non-hydrogen) atoms. The van der Waals surface area contributed by atoms with Crippen molar-refractivity contribution in [1.82, 2.24) is 5.32 Å². The molecule has 0 heterocycles. The SMILES string of the molecule is CSCCC(C)NC(=O)CC(C)(C)CC(=O)O. The molecule has 0 radical (unpaired) electrons. The second kappa shape index (κ2) is 7.58. The maximum atomic E-state index is 11.7. The molecule has 1 atom stereocenters. The second-order valence-corrected chi connectivity index (χ2v) is 6.15. The molecular formula is C12H23NO3S. The van der Waals surface area contributed by atoms with Crippen molar-refractivity contribution >= 4 is 23.6 Å². The topological polar surface area (TPSA) is 66.4 Å². The lowest BCUT2D eigenvalue weighted by Crippen LogP contribution is -2.36. The van der Waals surface area contributed by atoms with Crippen LogP contribution in [-0.2, 0) is 9.59 Å². The van der Waals surface area contributed by atoms with Crippen LogP contribution in [0.15, 0.2) is 0 Å². The Morgan fingerprint density at radius 2 is 1.94 bits per heavy atom. The van der Waals surface area contributed by atoms with Crippen LogP contribution in [0.4, 0.5) is 0 Å². The number of carboxylic acids is 1. The van der Waals surface area contributed by atoms with Gasteiger partial charge < -0.3 is 10.4 Å². The number of aliphatic carboxylic acids is 1. The Labute approximate surface area is 108 Å². The number of thioether (sulfide) groups is 1. The van der Waals surface area contributed by atoms with E-state index in [0.717, 1.165) is 12.2 Å². The lowest BCUT2D eigenvalue weighted by Gasteiger charge is -2.23. The van der Waals surface area contributed by atoms with Crippen molar-refractivity contribution in [2.75, 3.05) is 12.0 Å². The molecule has 100 valence electrons. The van der Waals surface area contributed by atoms with Crippen LogP contribution in [0, 0.1) is 5.41 Å². The van der Waals surface area contributed by atoms with Crippen molar-refractivity contribution < 1.29 is 14.7 Å². The van der Waals surface area contributed by atoms with Gasteiger partial charge in [0, 0.05) is 12.5 Å². The van der Waals surface area contributed by atoms with E-state index in [4.69, 9.17) is 5.11 Å². The van der Waals surface area contributed by atoms with Gasteiger partial charge in [-0.2, -0.15) is 11.8 Å². The molecule has 0 saturated carbocycles. The van der Waals surface area contributed by atoms with Gasteiger partial charge in [-0.3, -0.25) is 9.59 Å². The highest BCUT2D eigenvalue weighted by Gasteiger charge is 2.25. The van der Waals surface area contributed by atoms with Gasteiger partial charge in [0.25, 0.3) is 0 Å². The molecule has 0 bridgehead atoms. The first kappa shape index (κ1) is 16.3. The van der Waals surface area contributed by atoms with E-state index < -0.39 is 11.4 Å². The monoisotopic (exact) mass is 261 g/mol. The Morgan fingerprint density at radius 1 is 1.35 bits per heavy atom. The summed E-state index contributed by atoms with van der Waals surface area (Å²) in [6, 6.07) is 0.149. The van der Waals surface area contributed by atoms with Gasteiger partial charge in [-0.25, -0.2) is 0 Å². The minimum absolute atomic E-state index is 0.0135. The van der Waals surface area contributed by atoms with Gasteiger partial charge in [-0.05, 0) is 30.8 Å². The van der Waals surface area contributed by atoms with Crippen LogP contribution < -0.4 is 5.32 Å². The van der Waals surface area contributed by atoms with E-state index in [1.807, 2.05) is 13.2 Å². The number of rotatable bonds is 8. The van der Waals surface area contributed by atoms with Crippen molar-refractivity contribution in [2.24, 2.45) is 5.41 Å². The van der Waals surface area contributed by atoms with E-state index in [-0.39, 0.29) is 24.8 Å². The molecule has 0 spiro atoms. The van der Waals surface area contributed by atoms with Crippen LogP contribution in [0.2, 0.25) is 0 Å². The quantitative estimate of drug-likeness (QED) is 0.702. The zero-order valence-corrected chi connectivity index (χ0v) is 11.9. The molecule has 0 aliphatic heterocycles. The van der Waals surface area contributed by atoms with E-state index in [1.54, 1.807) is 25.6 Å². The minimum Gasteiger partial charge on any atom is -0.481 e. The van der Waals surface area contributed by atoms with Crippen LogP contribution in [0.5, 0.6) is 0 Å². The molecule has 0 rings (SSSR count). The third-order valence-corrected chi connectivity index (χ3v) is 3.08. The smallest absolute Gasteiger partial charge is 0.303 e. The zero-order chi connectivity index (χ0) is 13.5. The third kappa shape index (κ3) is 9.03. The van der Waals surface area contributed by atoms with Crippen molar-refractivity contribution in [3.63, 3.8) is 0 Å². The van der Waals surface area contributed by atoms with Crippen LogP contribution >= 0.6 is 11.8 Å². The summed E-state index contributed by atoms with van der Waals surface area (Å²) in [5.41, 5.74) is -0.491. The number of hydrogen-bond donors (Lipinski definition) is 2. The van der Waals surface area contributed by atoms with Crippen molar-refractivity contribution in [3.05, 3.63) is 0 Å². The summed E-state index contributed by atoms with van der Waals surface area (Å²) < 4.78 is 0. The lowest BCUT2D eigenvalue weighted by atomic mass is 9.85. The standard InChI is InChI=1S/C12H23NO3S/c1-9(5-6-17-4)13-10(14)7-12(2,3)8-11(15)16/h9H,5-8H2,1-4H3,(H,13,14)(H,15,16). The van der Waals surface area contributed by atoms with E-state index in [1.165, 1.54) is 0 Å². The fourth-order valence-electron chi connectivity index (χ4n) is 1.60. The summed E-state index contributed by atoms with van der Waals surface area (Å²) in [6.07, 6.45) is 3.24. The zero-order valence-electron chi connectivity index (χ0n) is 11.1. The van der Waals surface area contributed by atoms with Gasteiger partial charge in [0.15, 0.2) is 0 Å². The van der Waals surface area contributed by atoms with Gasteiger partial charge in [-0.1, -0.05) is 13.8 Å². The Morgan fingerprint density at radius 3 is 2.41 bits per heavy atom. The Kier molecular flexibility index (Phi) is 7.27. The average Bonchev–Trinajstić information content (AvgIpc) is 2.10. The molecular weight excluding hydrogens is 238 g/mol. The van der Waals surface area contributed by atoms with Crippen LogP contribution in [0.3, 0.4) is 0 Å². The van der Waals surface area contributed by atoms with E-state index in [2.05, 4.69) is 5.32 Å². The Bertz CT molecular complexity index is 266. The largest absolute Gasteiger partial charge is 0.481 e. The summed E-state index contributed by atoms with van der Waals surface area (Å²) in [5, 5.41) is 11.6. The van der Waals surface area contributed by atoms with Crippen molar-refractivity contribution in [1.29, 1.82) is 0 Å². The van der Waals surface area contributed by atoms with Gasteiger partial charge in [-0.15, -0.1) is 0 Å². The molecule has 1 amide bonds. The first-order valence-corrected chi connectivity index (χ1v) is 7.16. The maximum Gasteiger partial charge on any atom is 0.303 e. The molecule has 1 unspecified atom stereocenters. The van der Waals surface area contributed by atoms with Crippen molar-refractivity contribution in [2.45, 2.75) is 46.1 Å². The van der Waals surface area contributed by atoms with Gasteiger partial charge >= 0.3 is 5.97 Å². The van der Waals surface area contributed by atoms with Gasteiger partial charge in [0.2, 0.25) is 5.91 Å². The first-order valence-electron chi connectivity index (χ1n) is 5.77. The lowest BCUT2D eigenvalue weighted by molar-refractivity contribution is -0.139. The molecule has 0 saturated heterocycles. The maximum absolute atomic E-state index is 11.7. The van der Waals surface area contributed by atoms with Crippen LogP contribution in [-0.4, -0.2) is 35.0 Å². The van der Waals surface area contributed by atoms with E-state index >= 15 is 0 Å². The fraction of sp³-hybridized carbons (Fsp3) is 0.833. The molecule has 0 aliphatic rings. The average molecular weight is 261 g/mol. The van der Waals surface area contributed by atoms with Crippen molar-refractivity contribution in [3.8, 4) is 0 Å². The van der Waals surface area contributed by atoms with Crippen LogP contribution in [0.25, 0.3) is 0 Å².